The van der Waals surface area contributed by atoms with Gasteiger partial charge in [-0.25, -0.2) is 0 Å². The Morgan fingerprint density at radius 2 is 2.29 bits per heavy atom. The summed E-state index contributed by atoms with van der Waals surface area (Å²) in [6.07, 6.45) is 0. The molecule has 0 spiro atoms. The van der Waals surface area contributed by atoms with E-state index in [4.69, 9.17) is 4.74 Å². The fraction of sp³-hybridized carbons (Fsp3) is 0.455. The lowest BCUT2D eigenvalue weighted by Gasteiger charge is -2.19. The molecule has 2 rings (SSSR count). The molecule has 0 saturated carbocycles. The van der Waals surface area contributed by atoms with Gasteiger partial charge in [0.25, 0.3) is 0 Å². The van der Waals surface area contributed by atoms with Crippen molar-refractivity contribution in [1.29, 1.82) is 0 Å². The van der Waals surface area contributed by atoms with Crippen molar-refractivity contribution in [2.45, 2.75) is 32.9 Å². The number of fused-ring (bicyclic) bond motifs is 1. The van der Waals surface area contributed by atoms with E-state index in [1.807, 2.05) is 32.2 Å². The first kappa shape index (κ1) is 12.8. The molecular formula is C11H13IN2O2S. The van der Waals surface area contributed by atoms with Gasteiger partial charge >= 0.3 is 5.97 Å². The number of carbonyl (C=O) groups excluding carboxylic acids is 1. The maximum absolute atomic E-state index is 11.7. The summed E-state index contributed by atoms with van der Waals surface area (Å²) in [6.45, 7) is 5.74. The molecule has 6 heteroatoms. The van der Waals surface area contributed by atoms with Crippen molar-refractivity contribution < 1.29 is 9.53 Å². The normalized spacial score (nSPS) is 12.0. The molecule has 0 aliphatic heterocycles. The Bertz CT molecular complexity index is 553. The van der Waals surface area contributed by atoms with Crippen LogP contribution in [0.5, 0.6) is 0 Å². The second-order valence-corrected chi connectivity index (χ2v) is 6.61. The average molecular weight is 364 g/mol. The van der Waals surface area contributed by atoms with Gasteiger partial charge in [0.2, 0.25) is 0 Å². The van der Waals surface area contributed by atoms with Crippen LogP contribution in [0.4, 0.5) is 0 Å². The molecule has 0 radical (unpaired) electrons. The van der Waals surface area contributed by atoms with Gasteiger partial charge in [0, 0.05) is 0 Å². The van der Waals surface area contributed by atoms with E-state index in [9.17, 15) is 4.79 Å². The van der Waals surface area contributed by atoms with Crippen molar-refractivity contribution in [3.8, 4) is 0 Å². The van der Waals surface area contributed by atoms with Crippen LogP contribution in [0.1, 0.15) is 20.8 Å². The SMILES string of the molecule is CC(C)(C)OC(=O)Cn1nc(I)c2sccc21. The number of carbonyl (C=O) groups is 1. The summed E-state index contributed by atoms with van der Waals surface area (Å²) in [5.41, 5.74) is 0.538. The molecule has 0 fully saturated rings. The van der Waals surface area contributed by atoms with Crippen LogP contribution >= 0.6 is 33.9 Å². The molecule has 4 nitrogen and oxygen atoms in total. The maximum Gasteiger partial charge on any atom is 0.328 e. The van der Waals surface area contributed by atoms with Crippen LogP contribution in [-0.2, 0) is 16.1 Å². The molecule has 0 bridgehead atoms. The van der Waals surface area contributed by atoms with Gasteiger partial charge in [-0.15, -0.1) is 11.3 Å². The minimum absolute atomic E-state index is 0.160. The van der Waals surface area contributed by atoms with E-state index >= 15 is 0 Å². The van der Waals surface area contributed by atoms with E-state index < -0.39 is 5.60 Å². The number of thiophene rings is 1. The first-order valence-corrected chi connectivity index (χ1v) is 7.14. The Morgan fingerprint density at radius 3 is 2.94 bits per heavy atom. The van der Waals surface area contributed by atoms with Crippen LogP contribution in [0, 0.1) is 3.70 Å². The summed E-state index contributed by atoms with van der Waals surface area (Å²) in [7, 11) is 0. The second-order valence-electron chi connectivity index (χ2n) is 4.67. The van der Waals surface area contributed by atoms with Gasteiger partial charge in [0.1, 0.15) is 15.8 Å². The van der Waals surface area contributed by atoms with Crippen LogP contribution in [0.15, 0.2) is 11.4 Å². The number of rotatable bonds is 2. The molecule has 2 aromatic rings. The van der Waals surface area contributed by atoms with Crippen molar-refractivity contribution in [1.82, 2.24) is 9.78 Å². The van der Waals surface area contributed by atoms with Crippen molar-refractivity contribution in [3.63, 3.8) is 0 Å². The van der Waals surface area contributed by atoms with Gasteiger partial charge in [-0.1, -0.05) is 0 Å². The summed E-state index contributed by atoms with van der Waals surface area (Å²) in [6, 6.07) is 1.97. The van der Waals surface area contributed by atoms with Crippen molar-refractivity contribution in [2.24, 2.45) is 0 Å². The molecular weight excluding hydrogens is 351 g/mol. The molecule has 2 aromatic heterocycles. The number of aromatic nitrogens is 2. The standard InChI is InChI=1S/C11H13IN2O2S/c1-11(2,3)16-8(15)6-14-7-4-5-17-9(7)10(12)13-14/h4-5H,6H2,1-3H3. The summed E-state index contributed by atoms with van der Waals surface area (Å²) in [5, 5.41) is 6.33. The van der Waals surface area contributed by atoms with Gasteiger partial charge in [-0.3, -0.25) is 9.48 Å². The summed E-state index contributed by atoms with van der Waals surface area (Å²) >= 11 is 3.81. The van der Waals surface area contributed by atoms with Crippen LogP contribution in [0.3, 0.4) is 0 Å². The largest absolute Gasteiger partial charge is 0.459 e. The van der Waals surface area contributed by atoms with Crippen molar-refractivity contribution in [3.05, 3.63) is 15.1 Å². The monoisotopic (exact) mass is 364 g/mol. The predicted octanol–water partition coefficient (Wildman–Crippen LogP) is 3.04. The molecule has 0 unspecified atom stereocenters. The lowest BCUT2D eigenvalue weighted by Crippen LogP contribution is -2.26. The number of nitrogens with zero attached hydrogens (tertiary/aromatic N) is 2. The third kappa shape index (κ3) is 2.98. The fourth-order valence-corrected chi connectivity index (χ4v) is 3.17. The molecule has 2 heterocycles. The smallest absolute Gasteiger partial charge is 0.328 e. The van der Waals surface area contributed by atoms with E-state index in [1.165, 1.54) is 0 Å². The van der Waals surface area contributed by atoms with Crippen LogP contribution in [0.25, 0.3) is 10.2 Å². The average Bonchev–Trinajstić information content (AvgIpc) is 2.69. The van der Waals surface area contributed by atoms with E-state index in [1.54, 1.807) is 16.0 Å². The van der Waals surface area contributed by atoms with Gasteiger partial charge in [0.05, 0.1) is 10.2 Å². The number of esters is 1. The van der Waals surface area contributed by atoms with E-state index in [2.05, 4.69) is 27.7 Å². The van der Waals surface area contributed by atoms with E-state index in [-0.39, 0.29) is 12.5 Å². The van der Waals surface area contributed by atoms with Gasteiger partial charge in [0.15, 0.2) is 0 Å². The molecule has 0 aliphatic rings. The predicted molar refractivity (Wildman–Crippen MR) is 76.2 cm³/mol. The summed E-state index contributed by atoms with van der Waals surface area (Å²) in [4.78, 5) is 11.7. The minimum Gasteiger partial charge on any atom is -0.459 e. The molecule has 0 aliphatic carbocycles. The van der Waals surface area contributed by atoms with Gasteiger partial charge < -0.3 is 4.74 Å². The quantitative estimate of drug-likeness (QED) is 0.608. The Kier molecular flexibility index (Phi) is 3.44. The molecule has 92 valence electrons. The van der Waals surface area contributed by atoms with Crippen LogP contribution in [0.2, 0.25) is 0 Å². The van der Waals surface area contributed by atoms with Crippen molar-refractivity contribution >= 4 is 50.1 Å². The topological polar surface area (TPSA) is 44.1 Å². The minimum atomic E-state index is -0.453. The van der Waals surface area contributed by atoms with Gasteiger partial charge in [-0.05, 0) is 54.8 Å². The van der Waals surface area contributed by atoms with Crippen molar-refractivity contribution in [2.75, 3.05) is 0 Å². The summed E-state index contributed by atoms with van der Waals surface area (Å²) in [5.74, 6) is -0.260. The van der Waals surface area contributed by atoms with Crippen LogP contribution in [-0.4, -0.2) is 21.4 Å². The zero-order valence-corrected chi connectivity index (χ0v) is 12.8. The number of halogens is 1. The number of ether oxygens (including phenoxy) is 1. The molecule has 0 saturated heterocycles. The van der Waals surface area contributed by atoms with Gasteiger partial charge in [-0.2, -0.15) is 5.10 Å². The zero-order chi connectivity index (χ0) is 12.6. The molecule has 0 aromatic carbocycles. The lowest BCUT2D eigenvalue weighted by atomic mass is 10.2. The number of hydrogen-bond donors (Lipinski definition) is 0. The lowest BCUT2D eigenvalue weighted by molar-refractivity contribution is -0.155. The third-order valence-corrected chi connectivity index (χ3v) is 4.05. The molecule has 17 heavy (non-hydrogen) atoms. The van der Waals surface area contributed by atoms with Crippen LogP contribution < -0.4 is 0 Å². The second kappa shape index (κ2) is 4.56. The molecule has 0 N–H and O–H groups in total. The fourth-order valence-electron chi connectivity index (χ4n) is 1.48. The highest BCUT2D eigenvalue weighted by Crippen LogP contribution is 2.25. The highest BCUT2D eigenvalue weighted by molar-refractivity contribution is 14.1. The zero-order valence-electron chi connectivity index (χ0n) is 9.86. The van der Waals surface area contributed by atoms with E-state index in [0.29, 0.717) is 0 Å². The summed E-state index contributed by atoms with van der Waals surface area (Å²) < 4.78 is 9.02. The highest BCUT2D eigenvalue weighted by Gasteiger charge is 2.18. The number of hydrogen-bond acceptors (Lipinski definition) is 4. The highest BCUT2D eigenvalue weighted by atomic mass is 127. The Hall–Kier alpha value is -0.630. The Labute approximate surface area is 117 Å². The maximum atomic E-state index is 11.7. The Morgan fingerprint density at radius 1 is 1.59 bits per heavy atom. The third-order valence-electron chi connectivity index (χ3n) is 2.02. The molecule has 0 amide bonds. The first-order valence-electron chi connectivity index (χ1n) is 5.18. The molecule has 0 atom stereocenters. The first-order chi connectivity index (χ1) is 7.87. The van der Waals surface area contributed by atoms with E-state index in [0.717, 1.165) is 13.9 Å². The Balaban J connectivity index is 2.19.